The first-order valence-electron chi connectivity index (χ1n) is 5.89. The molecule has 0 spiro atoms. The van der Waals surface area contributed by atoms with Gasteiger partial charge in [-0.05, 0) is 26.7 Å². The Morgan fingerprint density at radius 2 is 2.24 bits per heavy atom. The maximum atomic E-state index is 12.2. The maximum Gasteiger partial charge on any atom is 0.293 e. The summed E-state index contributed by atoms with van der Waals surface area (Å²) in [5, 5.41) is 9.33. The second-order valence-corrected chi connectivity index (χ2v) is 5.22. The van der Waals surface area contributed by atoms with E-state index in [1.807, 2.05) is 13.8 Å². The first kappa shape index (κ1) is 12.1. The van der Waals surface area contributed by atoms with E-state index in [1.165, 1.54) is 0 Å². The lowest BCUT2D eigenvalue weighted by Crippen LogP contribution is -2.47. The summed E-state index contributed by atoms with van der Waals surface area (Å²) in [6.07, 6.45) is 5.52. The standard InChI is InChI=1S/C12H19N3O2/c1-12(2,8-16)14(3)10-11(17)15(7-6-13-10)9-4-5-9/h6-7,9,16H,4-5,8H2,1-3H3. The zero-order valence-corrected chi connectivity index (χ0v) is 10.6. The second-order valence-electron chi connectivity index (χ2n) is 5.22. The Balaban J connectivity index is 2.39. The highest BCUT2D eigenvalue weighted by Gasteiger charge is 2.29. The predicted octanol–water partition coefficient (Wildman–Crippen LogP) is 0.785. The molecule has 0 aliphatic heterocycles. The van der Waals surface area contributed by atoms with Gasteiger partial charge in [0, 0.05) is 25.5 Å². The van der Waals surface area contributed by atoms with E-state index >= 15 is 0 Å². The van der Waals surface area contributed by atoms with Crippen LogP contribution in [0.5, 0.6) is 0 Å². The molecule has 0 atom stereocenters. The van der Waals surface area contributed by atoms with Crippen molar-refractivity contribution < 1.29 is 5.11 Å². The quantitative estimate of drug-likeness (QED) is 0.841. The molecule has 1 N–H and O–H groups in total. The Labute approximate surface area is 101 Å². The van der Waals surface area contributed by atoms with E-state index in [1.54, 1.807) is 28.9 Å². The largest absolute Gasteiger partial charge is 0.394 e. The highest BCUT2D eigenvalue weighted by Crippen LogP contribution is 2.33. The van der Waals surface area contributed by atoms with Gasteiger partial charge in [-0.2, -0.15) is 0 Å². The normalized spacial score (nSPS) is 16.0. The zero-order chi connectivity index (χ0) is 12.6. The highest BCUT2D eigenvalue weighted by molar-refractivity contribution is 5.38. The lowest BCUT2D eigenvalue weighted by atomic mass is 10.1. The van der Waals surface area contributed by atoms with Crippen molar-refractivity contribution >= 4 is 5.82 Å². The topological polar surface area (TPSA) is 58.4 Å². The number of nitrogens with zero attached hydrogens (tertiary/aromatic N) is 3. The van der Waals surface area contributed by atoms with Gasteiger partial charge in [0.05, 0.1) is 12.1 Å². The molecule has 1 aliphatic carbocycles. The molecule has 0 unspecified atom stereocenters. The van der Waals surface area contributed by atoms with Crippen molar-refractivity contribution in [3.8, 4) is 0 Å². The summed E-state index contributed by atoms with van der Waals surface area (Å²) < 4.78 is 1.74. The molecule has 94 valence electrons. The number of anilines is 1. The fourth-order valence-electron chi connectivity index (χ4n) is 1.68. The fourth-order valence-corrected chi connectivity index (χ4v) is 1.68. The van der Waals surface area contributed by atoms with Crippen molar-refractivity contribution in [2.45, 2.75) is 38.3 Å². The van der Waals surface area contributed by atoms with Crippen LogP contribution >= 0.6 is 0 Å². The summed E-state index contributed by atoms with van der Waals surface area (Å²) in [6.45, 7) is 3.73. The van der Waals surface area contributed by atoms with Crippen LogP contribution in [-0.2, 0) is 0 Å². The van der Waals surface area contributed by atoms with Gasteiger partial charge in [-0.3, -0.25) is 4.79 Å². The van der Waals surface area contributed by atoms with Crippen LogP contribution in [0.15, 0.2) is 17.2 Å². The van der Waals surface area contributed by atoms with Crippen LogP contribution < -0.4 is 10.5 Å². The second kappa shape index (κ2) is 4.14. The van der Waals surface area contributed by atoms with Crippen LogP contribution in [0.3, 0.4) is 0 Å². The number of aromatic nitrogens is 2. The smallest absolute Gasteiger partial charge is 0.293 e. The van der Waals surface area contributed by atoms with Gasteiger partial charge in [-0.15, -0.1) is 0 Å². The molecule has 1 aromatic rings. The first-order chi connectivity index (χ1) is 7.97. The lowest BCUT2D eigenvalue weighted by molar-refractivity contribution is 0.215. The fraction of sp³-hybridized carbons (Fsp3) is 0.667. The summed E-state index contributed by atoms with van der Waals surface area (Å²) >= 11 is 0. The van der Waals surface area contributed by atoms with E-state index in [9.17, 15) is 9.90 Å². The van der Waals surface area contributed by atoms with Gasteiger partial charge in [0.25, 0.3) is 5.56 Å². The highest BCUT2D eigenvalue weighted by atomic mass is 16.3. The van der Waals surface area contributed by atoms with E-state index in [2.05, 4.69) is 4.98 Å². The molecular formula is C12H19N3O2. The molecule has 5 nitrogen and oxygen atoms in total. The average Bonchev–Trinajstić information content (AvgIpc) is 3.12. The minimum atomic E-state index is -0.491. The third-order valence-electron chi connectivity index (χ3n) is 3.40. The Bertz CT molecular complexity index is 463. The van der Waals surface area contributed by atoms with Crippen LogP contribution in [0.2, 0.25) is 0 Å². The van der Waals surface area contributed by atoms with Gasteiger partial charge in [-0.25, -0.2) is 4.98 Å². The molecule has 2 rings (SSSR count). The van der Waals surface area contributed by atoms with Crippen LogP contribution in [0, 0.1) is 0 Å². The first-order valence-corrected chi connectivity index (χ1v) is 5.89. The number of aliphatic hydroxyl groups excluding tert-OH is 1. The molecule has 1 aromatic heterocycles. The summed E-state index contributed by atoms with van der Waals surface area (Å²) in [5.41, 5.74) is -0.562. The third kappa shape index (κ3) is 2.20. The van der Waals surface area contributed by atoms with E-state index in [-0.39, 0.29) is 12.2 Å². The Morgan fingerprint density at radius 3 is 2.76 bits per heavy atom. The van der Waals surface area contributed by atoms with Crippen molar-refractivity contribution in [3.05, 3.63) is 22.7 Å². The number of rotatable bonds is 4. The molecule has 17 heavy (non-hydrogen) atoms. The average molecular weight is 237 g/mol. The molecule has 0 amide bonds. The SMILES string of the molecule is CN(c1nccn(C2CC2)c1=O)C(C)(C)CO. The molecule has 0 bridgehead atoms. The van der Waals surface area contributed by atoms with Gasteiger partial charge >= 0.3 is 0 Å². The number of aliphatic hydroxyl groups is 1. The molecule has 1 fully saturated rings. The third-order valence-corrected chi connectivity index (χ3v) is 3.40. The van der Waals surface area contributed by atoms with Crippen LogP contribution in [0.4, 0.5) is 5.82 Å². The molecule has 1 heterocycles. The molecular weight excluding hydrogens is 218 g/mol. The Kier molecular flexibility index (Phi) is 2.95. The van der Waals surface area contributed by atoms with Gasteiger partial charge in [0.1, 0.15) is 0 Å². The minimum Gasteiger partial charge on any atom is -0.394 e. The predicted molar refractivity (Wildman–Crippen MR) is 66.3 cm³/mol. The molecule has 0 aromatic carbocycles. The van der Waals surface area contributed by atoms with Crippen molar-refractivity contribution in [1.29, 1.82) is 0 Å². The molecule has 1 saturated carbocycles. The minimum absolute atomic E-state index is 0.0249. The number of hydrogen-bond acceptors (Lipinski definition) is 4. The Morgan fingerprint density at radius 1 is 1.59 bits per heavy atom. The summed E-state index contributed by atoms with van der Waals surface area (Å²) in [5.74, 6) is 0.401. The summed E-state index contributed by atoms with van der Waals surface area (Å²) in [6, 6.07) is 0.342. The van der Waals surface area contributed by atoms with Gasteiger partial charge < -0.3 is 14.6 Å². The van der Waals surface area contributed by atoms with Crippen molar-refractivity contribution in [2.24, 2.45) is 0 Å². The van der Waals surface area contributed by atoms with Crippen molar-refractivity contribution in [3.63, 3.8) is 0 Å². The summed E-state index contributed by atoms with van der Waals surface area (Å²) in [7, 11) is 1.79. The van der Waals surface area contributed by atoms with E-state index in [0.717, 1.165) is 12.8 Å². The molecule has 1 aliphatic rings. The van der Waals surface area contributed by atoms with Crippen LogP contribution in [0.25, 0.3) is 0 Å². The monoisotopic (exact) mass is 237 g/mol. The van der Waals surface area contributed by atoms with E-state index in [0.29, 0.717) is 11.9 Å². The van der Waals surface area contributed by atoms with Crippen LogP contribution in [0.1, 0.15) is 32.7 Å². The van der Waals surface area contributed by atoms with E-state index in [4.69, 9.17) is 0 Å². The van der Waals surface area contributed by atoms with Crippen LogP contribution in [-0.4, -0.2) is 33.9 Å². The van der Waals surface area contributed by atoms with E-state index < -0.39 is 5.54 Å². The van der Waals surface area contributed by atoms with Crippen molar-refractivity contribution in [2.75, 3.05) is 18.6 Å². The van der Waals surface area contributed by atoms with Gasteiger partial charge in [0.2, 0.25) is 0 Å². The number of likely N-dealkylation sites (N-methyl/N-ethyl adjacent to an activating group) is 1. The van der Waals surface area contributed by atoms with Crippen molar-refractivity contribution in [1.82, 2.24) is 9.55 Å². The maximum absolute atomic E-state index is 12.2. The lowest BCUT2D eigenvalue weighted by Gasteiger charge is -2.34. The summed E-state index contributed by atoms with van der Waals surface area (Å²) in [4.78, 5) is 18.1. The van der Waals surface area contributed by atoms with Gasteiger partial charge in [-0.1, -0.05) is 0 Å². The Hall–Kier alpha value is -1.36. The molecule has 5 heteroatoms. The zero-order valence-electron chi connectivity index (χ0n) is 10.6. The van der Waals surface area contributed by atoms with Gasteiger partial charge in [0.15, 0.2) is 5.82 Å². The number of hydrogen-bond donors (Lipinski definition) is 1. The molecule has 0 radical (unpaired) electrons. The molecule has 0 saturated heterocycles.